The lowest BCUT2D eigenvalue weighted by atomic mass is 9.48. The predicted molar refractivity (Wildman–Crippen MR) is 63.1 cm³/mol. The van der Waals surface area contributed by atoms with Crippen LogP contribution in [0.1, 0.15) is 27.7 Å². The van der Waals surface area contributed by atoms with Crippen LogP contribution in [-0.4, -0.2) is 30.3 Å². The highest BCUT2D eigenvalue weighted by molar-refractivity contribution is 5.81. The predicted octanol–water partition coefficient (Wildman–Crippen LogP) is 2.61. The summed E-state index contributed by atoms with van der Waals surface area (Å²) in [5.74, 6) is -6.12. The third-order valence-electron chi connectivity index (χ3n) is 4.29. The Labute approximate surface area is 118 Å². The molecule has 3 N–H and O–H groups in total. The Kier molecular flexibility index (Phi) is 4.09. The molecule has 0 atom stereocenters. The molecule has 0 aromatic carbocycles. The maximum absolute atomic E-state index is 12.5. The molecule has 0 saturated heterocycles. The summed E-state index contributed by atoms with van der Waals surface area (Å²) in [6, 6.07) is -1.33. The highest BCUT2D eigenvalue weighted by Crippen LogP contribution is 2.53. The van der Waals surface area contributed by atoms with Gasteiger partial charge in [0, 0.05) is 22.9 Å². The quantitative estimate of drug-likeness (QED) is 0.769. The first-order valence-corrected chi connectivity index (χ1v) is 6.23. The molecule has 1 rings (SSSR count). The van der Waals surface area contributed by atoms with Crippen molar-refractivity contribution in [3.8, 4) is 0 Å². The SMILES string of the molecule is CC1(C)C(N)C(C)(C)C1NC(=O)C(C(F)(F)F)C(F)(F)F. The Morgan fingerprint density at radius 1 is 1.00 bits per heavy atom. The van der Waals surface area contributed by atoms with Gasteiger partial charge in [-0.2, -0.15) is 26.3 Å². The molecule has 0 aromatic rings. The molecule has 0 aliphatic heterocycles. The van der Waals surface area contributed by atoms with Crippen molar-refractivity contribution in [1.82, 2.24) is 5.32 Å². The molecule has 1 saturated carbocycles. The molecule has 124 valence electrons. The van der Waals surface area contributed by atoms with Crippen LogP contribution < -0.4 is 11.1 Å². The van der Waals surface area contributed by atoms with Crippen LogP contribution in [0.4, 0.5) is 26.3 Å². The normalized spacial score (nSPS) is 28.2. The van der Waals surface area contributed by atoms with E-state index >= 15 is 0 Å². The Bertz CT molecular complexity index is 396. The van der Waals surface area contributed by atoms with Gasteiger partial charge in [-0.15, -0.1) is 0 Å². The minimum absolute atomic E-state index is 0.453. The van der Waals surface area contributed by atoms with E-state index in [9.17, 15) is 31.1 Å². The molecule has 9 heteroatoms. The molecular formula is C12H18F6N2O. The number of alkyl halides is 6. The zero-order chi connectivity index (χ0) is 17.0. The Hall–Kier alpha value is -0.990. The molecule has 0 bridgehead atoms. The van der Waals surface area contributed by atoms with Gasteiger partial charge in [-0.1, -0.05) is 27.7 Å². The molecular weight excluding hydrogens is 302 g/mol. The third-order valence-corrected chi connectivity index (χ3v) is 4.29. The fourth-order valence-corrected chi connectivity index (χ4v) is 3.26. The first-order chi connectivity index (χ1) is 9.04. The van der Waals surface area contributed by atoms with Crippen LogP contribution >= 0.6 is 0 Å². The second kappa shape index (κ2) is 4.76. The summed E-state index contributed by atoms with van der Waals surface area (Å²) >= 11 is 0. The average Bonchev–Trinajstić information content (AvgIpc) is 2.20. The lowest BCUT2D eigenvalue weighted by molar-refractivity contribution is -0.275. The number of hydrogen-bond acceptors (Lipinski definition) is 2. The molecule has 1 fully saturated rings. The van der Waals surface area contributed by atoms with Crippen molar-refractivity contribution in [1.29, 1.82) is 0 Å². The van der Waals surface area contributed by atoms with Crippen molar-refractivity contribution in [2.75, 3.05) is 0 Å². The summed E-state index contributed by atoms with van der Waals surface area (Å²) in [5, 5.41) is 1.88. The number of carbonyl (C=O) groups excluding carboxylic acids is 1. The van der Waals surface area contributed by atoms with Crippen molar-refractivity contribution >= 4 is 5.91 Å². The lowest BCUT2D eigenvalue weighted by Crippen LogP contribution is -2.76. The van der Waals surface area contributed by atoms with E-state index in [0.29, 0.717) is 0 Å². The zero-order valence-corrected chi connectivity index (χ0v) is 12.0. The maximum Gasteiger partial charge on any atom is 0.409 e. The van der Waals surface area contributed by atoms with Gasteiger partial charge in [0.1, 0.15) is 0 Å². The summed E-state index contributed by atoms with van der Waals surface area (Å²) in [4.78, 5) is 11.5. The summed E-state index contributed by atoms with van der Waals surface area (Å²) in [7, 11) is 0. The molecule has 1 aliphatic carbocycles. The first-order valence-electron chi connectivity index (χ1n) is 6.23. The summed E-state index contributed by atoms with van der Waals surface area (Å²) < 4.78 is 75.0. The lowest BCUT2D eigenvalue weighted by Gasteiger charge is -2.63. The maximum atomic E-state index is 12.5. The van der Waals surface area contributed by atoms with Gasteiger partial charge < -0.3 is 11.1 Å². The molecule has 0 radical (unpaired) electrons. The summed E-state index contributed by atoms with van der Waals surface area (Å²) in [5.41, 5.74) is 4.27. The first kappa shape index (κ1) is 18.1. The zero-order valence-electron chi connectivity index (χ0n) is 12.0. The largest absolute Gasteiger partial charge is 0.409 e. The van der Waals surface area contributed by atoms with Gasteiger partial charge in [0.25, 0.3) is 0 Å². The highest BCUT2D eigenvalue weighted by atomic mass is 19.4. The highest BCUT2D eigenvalue weighted by Gasteiger charge is 2.65. The summed E-state index contributed by atoms with van der Waals surface area (Å²) in [6.45, 7) is 6.35. The average molecular weight is 320 g/mol. The number of rotatable bonds is 2. The van der Waals surface area contributed by atoms with Gasteiger partial charge in [0.15, 0.2) is 0 Å². The Morgan fingerprint density at radius 3 is 1.62 bits per heavy atom. The van der Waals surface area contributed by atoms with E-state index in [1.807, 2.05) is 5.32 Å². The van der Waals surface area contributed by atoms with E-state index < -0.39 is 47.1 Å². The molecule has 1 amide bonds. The third kappa shape index (κ3) is 2.97. The second-order valence-corrected chi connectivity index (χ2v) is 6.58. The minimum Gasteiger partial charge on any atom is -0.351 e. The van der Waals surface area contributed by atoms with E-state index in [1.165, 1.54) is 0 Å². The number of carbonyl (C=O) groups is 1. The van der Waals surface area contributed by atoms with Crippen LogP contribution in [0, 0.1) is 16.7 Å². The molecule has 1 aliphatic rings. The van der Waals surface area contributed by atoms with E-state index in [1.54, 1.807) is 27.7 Å². The fourth-order valence-electron chi connectivity index (χ4n) is 3.26. The van der Waals surface area contributed by atoms with Crippen molar-refractivity contribution in [3.63, 3.8) is 0 Å². The number of halogens is 6. The molecule has 0 spiro atoms. The Balaban J connectivity index is 3.00. The van der Waals surface area contributed by atoms with Crippen molar-refractivity contribution in [2.45, 2.75) is 52.1 Å². The van der Waals surface area contributed by atoms with Crippen LogP contribution in [0.5, 0.6) is 0 Å². The molecule has 21 heavy (non-hydrogen) atoms. The van der Waals surface area contributed by atoms with Gasteiger partial charge in [-0.25, -0.2) is 0 Å². The van der Waals surface area contributed by atoms with Crippen LogP contribution in [0.15, 0.2) is 0 Å². The van der Waals surface area contributed by atoms with Crippen LogP contribution in [0.3, 0.4) is 0 Å². The van der Waals surface area contributed by atoms with E-state index in [4.69, 9.17) is 5.73 Å². The fraction of sp³-hybridized carbons (Fsp3) is 0.917. The van der Waals surface area contributed by atoms with E-state index in [0.717, 1.165) is 0 Å². The van der Waals surface area contributed by atoms with Crippen LogP contribution in [-0.2, 0) is 4.79 Å². The van der Waals surface area contributed by atoms with Gasteiger partial charge in [0.2, 0.25) is 11.8 Å². The summed E-state index contributed by atoms with van der Waals surface area (Å²) in [6.07, 6.45) is -11.4. The minimum atomic E-state index is -5.69. The molecule has 0 unspecified atom stereocenters. The molecule has 0 aromatic heterocycles. The van der Waals surface area contributed by atoms with Gasteiger partial charge >= 0.3 is 12.4 Å². The number of amides is 1. The van der Waals surface area contributed by atoms with Crippen molar-refractivity contribution in [2.24, 2.45) is 22.5 Å². The van der Waals surface area contributed by atoms with E-state index in [-0.39, 0.29) is 0 Å². The number of nitrogens with one attached hydrogen (secondary N) is 1. The second-order valence-electron chi connectivity index (χ2n) is 6.58. The van der Waals surface area contributed by atoms with Crippen LogP contribution in [0.25, 0.3) is 0 Å². The topological polar surface area (TPSA) is 55.1 Å². The number of hydrogen-bond donors (Lipinski definition) is 2. The standard InChI is InChI=1S/C12H18F6N2O/c1-9(2)7(19)10(3,4)8(9)20-6(21)5(11(13,14)15)12(16,17)18/h5,7-8H,19H2,1-4H3,(H,20,21). The van der Waals surface area contributed by atoms with Crippen molar-refractivity contribution in [3.05, 3.63) is 0 Å². The van der Waals surface area contributed by atoms with Gasteiger partial charge in [-0.3, -0.25) is 4.79 Å². The van der Waals surface area contributed by atoms with E-state index in [2.05, 4.69) is 0 Å². The molecule has 0 heterocycles. The van der Waals surface area contributed by atoms with Crippen LogP contribution in [0.2, 0.25) is 0 Å². The van der Waals surface area contributed by atoms with Gasteiger partial charge in [-0.05, 0) is 0 Å². The molecule has 3 nitrogen and oxygen atoms in total. The smallest absolute Gasteiger partial charge is 0.351 e. The number of nitrogens with two attached hydrogens (primary N) is 1. The monoisotopic (exact) mass is 320 g/mol. The van der Waals surface area contributed by atoms with Gasteiger partial charge in [0.05, 0.1) is 0 Å². The van der Waals surface area contributed by atoms with Crippen molar-refractivity contribution < 1.29 is 31.1 Å². The Morgan fingerprint density at radius 2 is 1.33 bits per heavy atom.